The number of amides is 1. The number of carbonyl (C=O) groups is 1. The number of hydrogen-bond donors (Lipinski definition) is 0. The van der Waals surface area contributed by atoms with Crippen molar-refractivity contribution in [3.63, 3.8) is 0 Å². The Morgan fingerprint density at radius 3 is 2.36 bits per heavy atom. The summed E-state index contributed by atoms with van der Waals surface area (Å²) in [5, 5.41) is 3.26. The molecule has 0 bridgehead atoms. The van der Waals surface area contributed by atoms with E-state index >= 15 is 0 Å². The predicted molar refractivity (Wildman–Crippen MR) is 80.2 cm³/mol. The summed E-state index contributed by atoms with van der Waals surface area (Å²) in [4.78, 5) is 15.4. The third kappa shape index (κ3) is 4.04. The lowest BCUT2D eigenvalue weighted by Crippen LogP contribution is -2.26. The minimum Gasteiger partial charge on any atom is -0.379 e. The van der Waals surface area contributed by atoms with Crippen LogP contribution in [0.5, 0.6) is 0 Å². The topological polar surface area (TPSA) is 94.7 Å². The maximum Gasteiger partial charge on any atom is 0.471 e. The van der Waals surface area contributed by atoms with Gasteiger partial charge in [0.05, 0.1) is 34.4 Å². The molecule has 1 aliphatic heterocycles. The molecule has 0 saturated carbocycles. The summed E-state index contributed by atoms with van der Waals surface area (Å²) in [6.07, 6.45) is -4.73. The number of halogens is 3. The van der Waals surface area contributed by atoms with Gasteiger partial charge < -0.3 is 9.26 Å². The van der Waals surface area contributed by atoms with E-state index in [0.717, 1.165) is 0 Å². The molecule has 7 nitrogen and oxygen atoms in total. The number of nitrogens with zero attached hydrogens (tertiary/aromatic N) is 3. The lowest BCUT2D eigenvalue weighted by atomic mass is 10.1. The van der Waals surface area contributed by atoms with E-state index in [9.17, 15) is 22.2 Å². The monoisotopic (exact) mass is 375 g/mol. The molecular weight excluding hydrogens is 363 g/mol. The van der Waals surface area contributed by atoms with Crippen LogP contribution in [-0.2, 0) is 20.6 Å². The van der Waals surface area contributed by atoms with Crippen LogP contribution in [0.15, 0.2) is 33.2 Å². The average molecular weight is 375 g/mol. The Bertz CT molecular complexity index is 887. The normalized spacial score (nSPS) is 17.2. The summed E-state index contributed by atoms with van der Waals surface area (Å²) >= 11 is 0. The zero-order valence-electron chi connectivity index (χ0n) is 12.7. The van der Waals surface area contributed by atoms with Crippen LogP contribution in [0, 0.1) is 0 Å². The van der Waals surface area contributed by atoms with Crippen LogP contribution in [0.4, 0.5) is 13.2 Å². The van der Waals surface area contributed by atoms with E-state index in [-0.39, 0.29) is 41.7 Å². The van der Waals surface area contributed by atoms with Crippen molar-refractivity contribution in [1.82, 2.24) is 10.1 Å². The van der Waals surface area contributed by atoms with E-state index in [4.69, 9.17) is 4.74 Å². The first-order valence-electron chi connectivity index (χ1n) is 7.13. The molecule has 0 aliphatic carbocycles. The summed E-state index contributed by atoms with van der Waals surface area (Å²) in [6.45, 7) is 0.571. The molecule has 1 aromatic heterocycles. The van der Waals surface area contributed by atoms with Gasteiger partial charge in [0.1, 0.15) is 0 Å². The molecule has 1 aliphatic rings. The third-order valence-electron chi connectivity index (χ3n) is 3.40. The van der Waals surface area contributed by atoms with Crippen LogP contribution < -0.4 is 0 Å². The number of carbonyl (C=O) groups excluding carboxylic acids is 1. The molecule has 134 valence electrons. The van der Waals surface area contributed by atoms with Crippen molar-refractivity contribution >= 4 is 15.6 Å². The smallest absolute Gasteiger partial charge is 0.379 e. The van der Waals surface area contributed by atoms with Crippen LogP contribution in [-0.4, -0.2) is 45.0 Å². The Hall–Kier alpha value is -2.27. The van der Waals surface area contributed by atoms with E-state index in [1.807, 2.05) is 0 Å². The molecule has 0 N–H and O–H groups in total. The summed E-state index contributed by atoms with van der Waals surface area (Å²) in [5.74, 6) is -1.96. The van der Waals surface area contributed by atoms with E-state index in [2.05, 4.69) is 19.0 Å². The number of alkyl halides is 3. The highest BCUT2D eigenvalue weighted by Gasteiger charge is 2.38. The highest BCUT2D eigenvalue weighted by atomic mass is 32.2. The average Bonchev–Trinajstić information content (AvgIpc) is 3.05. The fourth-order valence-electron chi connectivity index (χ4n) is 2.10. The van der Waals surface area contributed by atoms with Gasteiger partial charge in [0.25, 0.3) is 5.91 Å². The van der Waals surface area contributed by atoms with Gasteiger partial charge in [-0.15, -0.1) is 0 Å². The Morgan fingerprint density at radius 1 is 1.16 bits per heavy atom. The zero-order valence-corrected chi connectivity index (χ0v) is 13.5. The molecule has 0 unspecified atom stereocenters. The van der Waals surface area contributed by atoms with E-state index in [0.29, 0.717) is 0 Å². The molecule has 0 spiro atoms. The number of rotatable bonds is 2. The molecule has 3 rings (SSSR count). The number of hydrogen-bond acceptors (Lipinski definition) is 6. The quantitative estimate of drug-likeness (QED) is 0.800. The van der Waals surface area contributed by atoms with Gasteiger partial charge in [0.15, 0.2) is 0 Å². The van der Waals surface area contributed by atoms with Crippen LogP contribution >= 0.6 is 0 Å². The van der Waals surface area contributed by atoms with Crippen LogP contribution in [0.25, 0.3) is 11.4 Å². The van der Waals surface area contributed by atoms with E-state index in [1.165, 1.54) is 24.3 Å². The van der Waals surface area contributed by atoms with Gasteiger partial charge in [-0.3, -0.25) is 4.79 Å². The van der Waals surface area contributed by atoms with E-state index < -0.39 is 27.7 Å². The Morgan fingerprint density at radius 2 is 1.80 bits per heavy atom. The molecule has 0 radical (unpaired) electrons. The second-order valence-electron chi connectivity index (χ2n) is 5.19. The lowest BCUT2D eigenvalue weighted by Gasteiger charge is -2.15. The summed E-state index contributed by atoms with van der Waals surface area (Å²) < 4.78 is 62.8. The first-order chi connectivity index (χ1) is 11.8. The molecule has 2 aromatic rings. The van der Waals surface area contributed by atoms with Gasteiger partial charge in [0.2, 0.25) is 5.82 Å². The van der Waals surface area contributed by atoms with Gasteiger partial charge in [-0.1, -0.05) is 17.3 Å². The summed E-state index contributed by atoms with van der Waals surface area (Å²) in [5.41, 5.74) is 0.406. The third-order valence-corrected chi connectivity index (χ3v) is 5.51. The highest BCUT2D eigenvalue weighted by Crippen LogP contribution is 2.29. The molecule has 25 heavy (non-hydrogen) atoms. The predicted octanol–water partition coefficient (Wildman–Crippen LogP) is 2.39. The maximum atomic E-state index is 12.5. The Balaban J connectivity index is 1.80. The molecule has 11 heteroatoms. The molecule has 1 aromatic carbocycles. The standard InChI is InChI=1S/C14H12F3N3O4S/c15-14(16,17)13-18-11(19-24-13)9-1-3-10(4-2-9)12(21)20-25(22)7-5-23-6-8-25/h1-4H,5-8H2. The first kappa shape index (κ1) is 17.5. The molecule has 0 atom stereocenters. The van der Waals surface area contributed by atoms with Crippen molar-refractivity contribution in [3.05, 3.63) is 35.7 Å². The number of ether oxygens (including phenoxy) is 1. The van der Waals surface area contributed by atoms with Crippen molar-refractivity contribution < 1.29 is 31.4 Å². The minimum atomic E-state index is -4.73. The van der Waals surface area contributed by atoms with Crippen LogP contribution in [0.2, 0.25) is 0 Å². The van der Waals surface area contributed by atoms with Crippen molar-refractivity contribution in [3.8, 4) is 11.4 Å². The van der Waals surface area contributed by atoms with E-state index in [1.54, 1.807) is 0 Å². The SMILES string of the molecule is O=C(N=S1(=O)CCOCC1)c1ccc(-c2noc(C(F)(F)F)n2)cc1. The zero-order chi connectivity index (χ0) is 18.1. The van der Waals surface area contributed by atoms with Gasteiger partial charge in [-0.05, 0) is 12.1 Å². The van der Waals surface area contributed by atoms with Crippen molar-refractivity contribution in [2.75, 3.05) is 24.7 Å². The Kier molecular flexibility index (Phi) is 4.60. The minimum absolute atomic E-state index is 0.164. The fourth-order valence-corrected chi connectivity index (χ4v) is 3.65. The molecule has 1 amide bonds. The molecule has 1 fully saturated rings. The molecule has 1 saturated heterocycles. The second kappa shape index (κ2) is 6.56. The molecule has 2 heterocycles. The summed E-state index contributed by atoms with van der Waals surface area (Å²) in [6, 6.07) is 5.44. The van der Waals surface area contributed by atoms with Crippen molar-refractivity contribution in [2.45, 2.75) is 6.18 Å². The number of aromatic nitrogens is 2. The van der Waals surface area contributed by atoms with Crippen molar-refractivity contribution in [2.24, 2.45) is 4.36 Å². The lowest BCUT2D eigenvalue weighted by molar-refractivity contribution is -0.159. The van der Waals surface area contributed by atoms with Gasteiger partial charge in [0, 0.05) is 11.1 Å². The molecular formula is C14H12F3N3O4S. The number of benzene rings is 1. The van der Waals surface area contributed by atoms with Crippen molar-refractivity contribution in [1.29, 1.82) is 0 Å². The van der Waals surface area contributed by atoms with Gasteiger partial charge >= 0.3 is 12.1 Å². The van der Waals surface area contributed by atoms with Gasteiger partial charge in [-0.25, -0.2) is 4.21 Å². The Labute approximate surface area is 140 Å². The van der Waals surface area contributed by atoms with Crippen LogP contribution in [0.3, 0.4) is 0 Å². The first-order valence-corrected chi connectivity index (χ1v) is 8.98. The summed E-state index contributed by atoms with van der Waals surface area (Å²) in [7, 11) is -2.63. The highest BCUT2D eigenvalue weighted by molar-refractivity contribution is 7.94. The largest absolute Gasteiger partial charge is 0.471 e. The maximum absolute atomic E-state index is 12.5. The second-order valence-corrected chi connectivity index (χ2v) is 7.73. The van der Waals surface area contributed by atoms with Crippen LogP contribution in [0.1, 0.15) is 16.2 Å². The fraction of sp³-hybridized carbons (Fsp3) is 0.357. The van der Waals surface area contributed by atoms with Gasteiger partial charge in [-0.2, -0.15) is 22.5 Å².